The van der Waals surface area contributed by atoms with Gasteiger partial charge in [0.15, 0.2) is 0 Å². The third-order valence-corrected chi connectivity index (χ3v) is 5.31. The van der Waals surface area contributed by atoms with Crippen molar-refractivity contribution in [3.63, 3.8) is 0 Å². The van der Waals surface area contributed by atoms with Crippen LogP contribution in [0.15, 0.2) is 43.0 Å². The number of benzene rings is 1. The standard InChI is InChI=1S/C19H27N5O/c1-16(12-24-15-20-14-22-24)18(25)21-13-19(8-10-23(2)11-9-19)17-6-4-3-5-7-17/h3-7,14-16H,8-13H2,1-2H3,(H,21,25)/t16-/m1/s1. The summed E-state index contributed by atoms with van der Waals surface area (Å²) in [6.07, 6.45) is 5.26. The minimum absolute atomic E-state index is 0.0242. The Morgan fingerprint density at radius 2 is 2.00 bits per heavy atom. The summed E-state index contributed by atoms with van der Waals surface area (Å²) in [4.78, 5) is 18.9. The van der Waals surface area contributed by atoms with Crippen molar-refractivity contribution in [1.82, 2.24) is 25.0 Å². The first kappa shape index (κ1) is 17.6. The fraction of sp³-hybridized carbons (Fsp3) is 0.526. The molecule has 0 saturated carbocycles. The monoisotopic (exact) mass is 341 g/mol. The van der Waals surface area contributed by atoms with E-state index in [2.05, 4.69) is 51.6 Å². The molecule has 1 atom stereocenters. The van der Waals surface area contributed by atoms with Crippen LogP contribution in [0, 0.1) is 5.92 Å². The summed E-state index contributed by atoms with van der Waals surface area (Å²) in [6, 6.07) is 10.6. The Balaban J connectivity index is 1.65. The molecule has 1 amide bonds. The van der Waals surface area contributed by atoms with E-state index in [9.17, 15) is 4.79 Å². The molecule has 6 nitrogen and oxygen atoms in total. The number of carbonyl (C=O) groups is 1. The summed E-state index contributed by atoms with van der Waals surface area (Å²) in [6.45, 7) is 5.28. The van der Waals surface area contributed by atoms with E-state index >= 15 is 0 Å². The molecule has 1 saturated heterocycles. The SMILES string of the molecule is C[C@H](Cn1cncn1)C(=O)NCC1(c2ccccc2)CCN(C)CC1. The van der Waals surface area contributed by atoms with Crippen molar-refractivity contribution < 1.29 is 4.79 Å². The number of rotatable bonds is 6. The second kappa shape index (κ2) is 7.78. The van der Waals surface area contributed by atoms with Crippen LogP contribution in [0.4, 0.5) is 0 Å². The van der Waals surface area contributed by atoms with Gasteiger partial charge in [-0.05, 0) is 38.5 Å². The smallest absolute Gasteiger partial charge is 0.224 e. The van der Waals surface area contributed by atoms with E-state index in [0.29, 0.717) is 13.1 Å². The molecule has 1 aromatic carbocycles. The van der Waals surface area contributed by atoms with Crippen LogP contribution in [0.25, 0.3) is 0 Å². The molecule has 134 valence electrons. The van der Waals surface area contributed by atoms with E-state index in [0.717, 1.165) is 25.9 Å². The minimum atomic E-state index is -0.138. The number of nitrogens with zero attached hydrogens (tertiary/aromatic N) is 4. The fourth-order valence-electron chi connectivity index (χ4n) is 3.53. The highest BCUT2D eigenvalue weighted by atomic mass is 16.1. The van der Waals surface area contributed by atoms with Crippen LogP contribution in [0.1, 0.15) is 25.3 Å². The number of amides is 1. The maximum Gasteiger partial charge on any atom is 0.224 e. The first-order chi connectivity index (χ1) is 12.1. The molecule has 25 heavy (non-hydrogen) atoms. The van der Waals surface area contributed by atoms with Crippen molar-refractivity contribution in [3.05, 3.63) is 48.5 Å². The van der Waals surface area contributed by atoms with Gasteiger partial charge in [-0.2, -0.15) is 5.10 Å². The van der Waals surface area contributed by atoms with E-state index in [4.69, 9.17) is 0 Å². The van der Waals surface area contributed by atoms with Gasteiger partial charge in [0.2, 0.25) is 5.91 Å². The van der Waals surface area contributed by atoms with E-state index in [1.807, 2.05) is 13.0 Å². The van der Waals surface area contributed by atoms with Crippen molar-refractivity contribution in [3.8, 4) is 0 Å². The second-order valence-corrected chi connectivity index (χ2v) is 7.19. The molecule has 1 aromatic heterocycles. The topological polar surface area (TPSA) is 63.1 Å². The van der Waals surface area contributed by atoms with Crippen LogP contribution in [-0.2, 0) is 16.8 Å². The number of piperidine rings is 1. The third kappa shape index (κ3) is 4.25. The molecular formula is C19H27N5O. The molecule has 1 fully saturated rings. The summed E-state index contributed by atoms with van der Waals surface area (Å²) in [5.74, 6) is -0.0643. The van der Waals surface area contributed by atoms with Gasteiger partial charge in [0.1, 0.15) is 12.7 Å². The van der Waals surface area contributed by atoms with Gasteiger partial charge in [0, 0.05) is 12.0 Å². The Morgan fingerprint density at radius 1 is 1.28 bits per heavy atom. The number of hydrogen-bond acceptors (Lipinski definition) is 4. The van der Waals surface area contributed by atoms with Crippen molar-refractivity contribution >= 4 is 5.91 Å². The number of hydrogen-bond donors (Lipinski definition) is 1. The zero-order chi connectivity index (χ0) is 17.7. The van der Waals surface area contributed by atoms with Crippen molar-refractivity contribution in [2.45, 2.75) is 31.7 Å². The number of nitrogens with one attached hydrogen (secondary N) is 1. The van der Waals surface area contributed by atoms with E-state index in [-0.39, 0.29) is 17.2 Å². The Labute approximate surface area is 149 Å². The summed E-state index contributed by atoms with van der Waals surface area (Å²) in [5, 5.41) is 7.28. The number of aromatic nitrogens is 3. The molecule has 0 aliphatic carbocycles. The third-order valence-electron chi connectivity index (χ3n) is 5.31. The summed E-state index contributed by atoms with van der Waals surface area (Å²) < 4.78 is 1.70. The lowest BCUT2D eigenvalue weighted by Gasteiger charge is -2.41. The number of likely N-dealkylation sites (tertiary alicyclic amines) is 1. The first-order valence-corrected chi connectivity index (χ1v) is 8.93. The Bertz CT molecular complexity index is 662. The van der Waals surface area contributed by atoms with Gasteiger partial charge in [0.25, 0.3) is 0 Å². The van der Waals surface area contributed by atoms with Crippen LogP contribution in [0.3, 0.4) is 0 Å². The predicted molar refractivity (Wildman–Crippen MR) is 97.0 cm³/mol. The van der Waals surface area contributed by atoms with Crippen LogP contribution in [0.5, 0.6) is 0 Å². The molecule has 1 aliphatic rings. The van der Waals surface area contributed by atoms with Gasteiger partial charge in [-0.25, -0.2) is 4.98 Å². The zero-order valence-electron chi connectivity index (χ0n) is 15.1. The quantitative estimate of drug-likeness (QED) is 0.869. The van der Waals surface area contributed by atoms with Crippen molar-refractivity contribution in [2.24, 2.45) is 5.92 Å². The molecule has 2 heterocycles. The molecule has 2 aromatic rings. The van der Waals surface area contributed by atoms with Gasteiger partial charge in [-0.1, -0.05) is 37.3 Å². The molecule has 0 radical (unpaired) electrons. The lowest BCUT2D eigenvalue weighted by molar-refractivity contribution is -0.125. The average molecular weight is 341 g/mol. The van der Waals surface area contributed by atoms with Gasteiger partial charge in [0.05, 0.1) is 12.5 Å². The highest BCUT2D eigenvalue weighted by Gasteiger charge is 2.35. The average Bonchev–Trinajstić information content (AvgIpc) is 3.15. The van der Waals surface area contributed by atoms with Crippen molar-refractivity contribution in [2.75, 3.05) is 26.7 Å². The van der Waals surface area contributed by atoms with Crippen LogP contribution >= 0.6 is 0 Å². The number of carbonyl (C=O) groups excluding carboxylic acids is 1. The summed E-state index contributed by atoms with van der Waals surface area (Å²) >= 11 is 0. The molecule has 0 unspecified atom stereocenters. The second-order valence-electron chi connectivity index (χ2n) is 7.19. The minimum Gasteiger partial charge on any atom is -0.355 e. The molecule has 3 rings (SSSR count). The molecule has 0 spiro atoms. The van der Waals surface area contributed by atoms with Gasteiger partial charge in [-0.3, -0.25) is 9.48 Å². The van der Waals surface area contributed by atoms with Gasteiger partial charge >= 0.3 is 0 Å². The van der Waals surface area contributed by atoms with E-state index < -0.39 is 0 Å². The van der Waals surface area contributed by atoms with Crippen LogP contribution < -0.4 is 5.32 Å². The molecule has 0 bridgehead atoms. The van der Waals surface area contributed by atoms with Crippen LogP contribution in [-0.4, -0.2) is 52.3 Å². The molecule has 1 aliphatic heterocycles. The van der Waals surface area contributed by atoms with Crippen LogP contribution in [0.2, 0.25) is 0 Å². The van der Waals surface area contributed by atoms with Gasteiger partial charge in [-0.15, -0.1) is 0 Å². The normalized spacial score (nSPS) is 18.6. The largest absolute Gasteiger partial charge is 0.355 e. The highest BCUT2D eigenvalue weighted by Crippen LogP contribution is 2.34. The Kier molecular flexibility index (Phi) is 5.48. The molecular weight excluding hydrogens is 314 g/mol. The maximum atomic E-state index is 12.6. The van der Waals surface area contributed by atoms with E-state index in [1.54, 1.807) is 11.0 Å². The maximum absolute atomic E-state index is 12.6. The lowest BCUT2D eigenvalue weighted by atomic mass is 9.72. The first-order valence-electron chi connectivity index (χ1n) is 8.93. The highest BCUT2D eigenvalue weighted by molar-refractivity contribution is 5.78. The lowest BCUT2D eigenvalue weighted by Crippen LogP contribution is -2.49. The summed E-state index contributed by atoms with van der Waals surface area (Å²) in [5.41, 5.74) is 1.35. The fourth-order valence-corrected chi connectivity index (χ4v) is 3.53. The predicted octanol–water partition coefficient (Wildman–Crippen LogP) is 1.69. The van der Waals surface area contributed by atoms with Gasteiger partial charge < -0.3 is 10.2 Å². The van der Waals surface area contributed by atoms with E-state index in [1.165, 1.54) is 11.9 Å². The molecule has 1 N–H and O–H groups in total. The Morgan fingerprint density at radius 3 is 2.64 bits per heavy atom. The zero-order valence-corrected chi connectivity index (χ0v) is 15.1. The Hall–Kier alpha value is -2.21. The molecule has 6 heteroatoms. The summed E-state index contributed by atoms with van der Waals surface area (Å²) in [7, 11) is 2.16. The van der Waals surface area contributed by atoms with Crippen molar-refractivity contribution in [1.29, 1.82) is 0 Å².